The quantitative estimate of drug-likeness (QED) is 0.509. The molecule has 7 heteroatoms. The van der Waals surface area contributed by atoms with Gasteiger partial charge in [0.15, 0.2) is 0 Å². The molecular weight excluding hydrogens is 397 g/mol. The Morgan fingerprint density at radius 1 is 1.07 bits per heavy atom. The Hall–Kier alpha value is -3.06. The van der Waals surface area contributed by atoms with Crippen molar-refractivity contribution in [3.05, 3.63) is 83.4 Å². The van der Waals surface area contributed by atoms with E-state index in [1.54, 1.807) is 24.3 Å². The Balaban J connectivity index is 1.92. The number of halogens is 3. The van der Waals surface area contributed by atoms with Gasteiger partial charge in [0.1, 0.15) is 11.9 Å². The molecule has 1 aliphatic heterocycles. The van der Waals surface area contributed by atoms with Gasteiger partial charge in [0, 0.05) is 18.9 Å². The number of allylic oxidation sites excluding steroid dienone is 2. The SMILES string of the molecule is O=C(O)/C=C/C=C(/c1ccc(C(F)(F)F)cc1)c1cccc(OC2CCOCC2)c1. The summed E-state index contributed by atoms with van der Waals surface area (Å²) in [5.74, 6) is -0.478. The maximum absolute atomic E-state index is 12.9. The first-order chi connectivity index (χ1) is 14.3. The van der Waals surface area contributed by atoms with Crippen molar-refractivity contribution in [1.82, 2.24) is 0 Å². The molecule has 0 unspecified atom stereocenters. The molecule has 0 bridgehead atoms. The monoisotopic (exact) mass is 418 g/mol. The summed E-state index contributed by atoms with van der Waals surface area (Å²) in [6.45, 7) is 1.28. The lowest BCUT2D eigenvalue weighted by Crippen LogP contribution is -2.25. The van der Waals surface area contributed by atoms with E-state index in [-0.39, 0.29) is 6.10 Å². The van der Waals surface area contributed by atoms with Crippen LogP contribution in [0.25, 0.3) is 5.57 Å². The molecule has 1 aliphatic rings. The van der Waals surface area contributed by atoms with Gasteiger partial charge in [-0.25, -0.2) is 4.79 Å². The topological polar surface area (TPSA) is 55.8 Å². The number of carbonyl (C=O) groups is 1. The van der Waals surface area contributed by atoms with Gasteiger partial charge in [-0.05, 0) is 41.0 Å². The third kappa shape index (κ3) is 5.97. The number of benzene rings is 2. The molecule has 1 fully saturated rings. The maximum Gasteiger partial charge on any atom is 0.416 e. The number of carboxylic acids is 1. The third-order valence-corrected chi connectivity index (χ3v) is 4.64. The summed E-state index contributed by atoms with van der Waals surface area (Å²) in [6.07, 6.45) is 1.06. The molecule has 0 saturated carbocycles. The standard InChI is InChI=1S/C23H21F3O4/c24-23(25,26)18-9-7-16(8-10-18)21(5-2-6-22(27)28)17-3-1-4-20(15-17)30-19-11-13-29-14-12-19/h1-10,15,19H,11-14H2,(H,27,28)/b6-2+,21-5-. The van der Waals surface area contributed by atoms with Gasteiger partial charge in [-0.1, -0.05) is 36.4 Å². The zero-order valence-corrected chi connectivity index (χ0v) is 16.1. The minimum Gasteiger partial charge on any atom is -0.490 e. The van der Waals surface area contributed by atoms with Crippen molar-refractivity contribution in [2.45, 2.75) is 25.1 Å². The van der Waals surface area contributed by atoms with Gasteiger partial charge in [-0.15, -0.1) is 0 Å². The highest BCUT2D eigenvalue weighted by Gasteiger charge is 2.30. The van der Waals surface area contributed by atoms with Crippen molar-refractivity contribution in [1.29, 1.82) is 0 Å². The fourth-order valence-electron chi connectivity index (χ4n) is 3.15. The van der Waals surface area contributed by atoms with E-state index < -0.39 is 17.7 Å². The zero-order chi connectivity index (χ0) is 21.6. The molecule has 3 rings (SSSR count). The number of hydrogen-bond donors (Lipinski definition) is 1. The molecule has 1 heterocycles. The van der Waals surface area contributed by atoms with E-state index in [4.69, 9.17) is 14.6 Å². The van der Waals surface area contributed by atoms with Crippen LogP contribution in [0.5, 0.6) is 5.75 Å². The van der Waals surface area contributed by atoms with E-state index in [1.807, 2.05) is 6.07 Å². The first-order valence-electron chi connectivity index (χ1n) is 9.47. The number of ether oxygens (including phenoxy) is 2. The summed E-state index contributed by atoms with van der Waals surface area (Å²) in [4.78, 5) is 10.8. The van der Waals surface area contributed by atoms with Crippen LogP contribution in [0.1, 0.15) is 29.5 Å². The predicted octanol–water partition coefficient (Wildman–Crippen LogP) is 5.34. The highest BCUT2D eigenvalue weighted by molar-refractivity contribution is 5.84. The average molecular weight is 418 g/mol. The second kappa shape index (κ2) is 9.63. The van der Waals surface area contributed by atoms with Crippen molar-refractivity contribution < 1.29 is 32.5 Å². The van der Waals surface area contributed by atoms with Gasteiger partial charge < -0.3 is 14.6 Å². The van der Waals surface area contributed by atoms with E-state index in [1.165, 1.54) is 18.2 Å². The van der Waals surface area contributed by atoms with Gasteiger partial charge in [0.2, 0.25) is 0 Å². The summed E-state index contributed by atoms with van der Waals surface area (Å²) in [5.41, 5.74) is 1.07. The molecule has 1 N–H and O–H groups in total. The molecule has 2 aromatic rings. The fraction of sp³-hybridized carbons (Fsp3) is 0.261. The minimum atomic E-state index is -4.43. The molecule has 0 radical (unpaired) electrons. The largest absolute Gasteiger partial charge is 0.490 e. The third-order valence-electron chi connectivity index (χ3n) is 4.64. The zero-order valence-electron chi connectivity index (χ0n) is 16.1. The van der Waals surface area contributed by atoms with Crippen LogP contribution in [0.3, 0.4) is 0 Å². The maximum atomic E-state index is 12.9. The first kappa shape index (κ1) is 21.6. The Kier molecular flexibility index (Phi) is 6.95. The summed E-state index contributed by atoms with van der Waals surface area (Å²) in [5, 5.41) is 8.85. The Bertz CT molecular complexity index is 924. The lowest BCUT2D eigenvalue weighted by Gasteiger charge is -2.23. The van der Waals surface area contributed by atoms with Crippen LogP contribution in [-0.4, -0.2) is 30.4 Å². The Morgan fingerprint density at radius 2 is 1.77 bits per heavy atom. The highest BCUT2D eigenvalue weighted by Crippen LogP contribution is 2.32. The van der Waals surface area contributed by atoms with Crippen LogP contribution in [-0.2, 0) is 15.7 Å². The van der Waals surface area contributed by atoms with Crippen LogP contribution < -0.4 is 4.74 Å². The minimum absolute atomic E-state index is 0.0411. The van der Waals surface area contributed by atoms with Gasteiger partial charge >= 0.3 is 12.1 Å². The fourth-order valence-corrected chi connectivity index (χ4v) is 3.15. The van der Waals surface area contributed by atoms with E-state index in [2.05, 4.69) is 0 Å². The Labute approximate surface area is 172 Å². The highest BCUT2D eigenvalue weighted by atomic mass is 19.4. The molecule has 2 aromatic carbocycles. The smallest absolute Gasteiger partial charge is 0.416 e. The van der Waals surface area contributed by atoms with Gasteiger partial charge in [-0.2, -0.15) is 13.2 Å². The number of rotatable bonds is 6. The molecule has 158 valence electrons. The van der Waals surface area contributed by atoms with Crippen LogP contribution in [0.4, 0.5) is 13.2 Å². The molecule has 30 heavy (non-hydrogen) atoms. The molecule has 0 aliphatic carbocycles. The number of aliphatic carboxylic acids is 1. The Morgan fingerprint density at radius 3 is 2.40 bits per heavy atom. The summed E-state index contributed by atoms with van der Waals surface area (Å²) < 4.78 is 50.0. The molecule has 0 atom stereocenters. The van der Waals surface area contributed by atoms with Crippen LogP contribution >= 0.6 is 0 Å². The normalized spacial score (nSPS) is 16.0. The molecule has 0 amide bonds. The number of carboxylic acid groups (broad SMARTS) is 1. The molecule has 1 saturated heterocycles. The number of alkyl halides is 3. The second-order valence-electron chi connectivity index (χ2n) is 6.81. The van der Waals surface area contributed by atoms with Gasteiger partial charge in [-0.3, -0.25) is 0 Å². The average Bonchev–Trinajstić information content (AvgIpc) is 2.71. The van der Waals surface area contributed by atoms with E-state index in [9.17, 15) is 18.0 Å². The first-order valence-corrected chi connectivity index (χ1v) is 9.47. The van der Waals surface area contributed by atoms with Crippen molar-refractivity contribution in [2.24, 2.45) is 0 Å². The van der Waals surface area contributed by atoms with Crippen molar-refractivity contribution >= 4 is 11.5 Å². The summed E-state index contributed by atoms with van der Waals surface area (Å²) >= 11 is 0. The molecule has 0 aromatic heterocycles. The van der Waals surface area contributed by atoms with Gasteiger partial charge in [0.05, 0.1) is 18.8 Å². The van der Waals surface area contributed by atoms with E-state index >= 15 is 0 Å². The van der Waals surface area contributed by atoms with Crippen LogP contribution in [0.2, 0.25) is 0 Å². The van der Waals surface area contributed by atoms with E-state index in [0.717, 1.165) is 31.1 Å². The lowest BCUT2D eigenvalue weighted by molar-refractivity contribution is -0.137. The van der Waals surface area contributed by atoms with Crippen molar-refractivity contribution in [2.75, 3.05) is 13.2 Å². The summed E-state index contributed by atoms with van der Waals surface area (Å²) in [7, 11) is 0. The van der Waals surface area contributed by atoms with Crippen LogP contribution in [0.15, 0.2) is 66.8 Å². The predicted molar refractivity (Wildman–Crippen MR) is 106 cm³/mol. The van der Waals surface area contributed by atoms with Gasteiger partial charge in [0.25, 0.3) is 0 Å². The second-order valence-corrected chi connectivity index (χ2v) is 6.81. The summed E-state index contributed by atoms with van der Waals surface area (Å²) in [6, 6.07) is 12.0. The van der Waals surface area contributed by atoms with Crippen molar-refractivity contribution in [3.8, 4) is 5.75 Å². The lowest BCUT2D eigenvalue weighted by atomic mass is 9.96. The molecular formula is C23H21F3O4. The number of hydrogen-bond acceptors (Lipinski definition) is 3. The van der Waals surface area contributed by atoms with Crippen molar-refractivity contribution in [3.63, 3.8) is 0 Å². The van der Waals surface area contributed by atoms with E-state index in [0.29, 0.717) is 35.7 Å². The molecule has 4 nitrogen and oxygen atoms in total. The van der Waals surface area contributed by atoms with Crippen LogP contribution in [0, 0.1) is 0 Å². The molecule has 0 spiro atoms.